The van der Waals surface area contributed by atoms with Crippen LogP contribution in [0.1, 0.15) is 26.3 Å². The Hall–Kier alpha value is -1.08. The van der Waals surface area contributed by atoms with E-state index in [2.05, 4.69) is 51.1 Å². The molecule has 0 spiro atoms. The highest BCUT2D eigenvalue weighted by atomic mass is 14.8. The number of rotatable bonds is 2. The van der Waals surface area contributed by atoms with Crippen LogP contribution in [0.2, 0.25) is 0 Å². The topological polar surface area (TPSA) is 26.0 Å². The van der Waals surface area contributed by atoms with E-state index in [-0.39, 0.29) is 5.41 Å². The maximum absolute atomic E-state index is 6.06. The summed E-state index contributed by atoms with van der Waals surface area (Å²) in [6.45, 7) is 6.67. The van der Waals surface area contributed by atoms with Crippen LogP contribution in [0.15, 0.2) is 35.9 Å². The number of nitrogens with two attached hydrogens (primary N) is 1. The second-order valence-corrected chi connectivity index (χ2v) is 5.12. The van der Waals surface area contributed by atoms with Crippen molar-refractivity contribution in [2.75, 3.05) is 0 Å². The van der Waals surface area contributed by atoms with Gasteiger partial charge in [0.1, 0.15) is 0 Å². The van der Waals surface area contributed by atoms with E-state index in [1.54, 1.807) is 0 Å². The van der Waals surface area contributed by atoms with Gasteiger partial charge in [-0.1, -0.05) is 55.8 Å². The average molecular weight is 201 g/mol. The van der Waals surface area contributed by atoms with Crippen LogP contribution in [-0.2, 0) is 0 Å². The van der Waals surface area contributed by atoms with Gasteiger partial charge in [-0.15, -0.1) is 0 Å². The van der Waals surface area contributed by atoms with Crippen molar-refractivity contribution < 1.29 is 0 Å². The van der Waals surface area contributed by atoms with Crippen molar-refractivity contribution in [3.8, 4) is 0 Å². The molecule has 1 fully saturated rings. The second kappa shape index (κ2) is 3.49. The summed E-state index contributed by atoms with van der Waals surface area (Å²) < 4.78 is 0. The maximum atomic E-state index is 6.06. The fraction of sp³-hybridized carbons (Fsp3) is 0.429. The third-order valence-corrected chi connectivity index (χ3v) is 3.60. The SMILES string of the molecule is C/C(=C/c1ccccc1)[C@@H]1[C@@H](N)C1(C)C. The van der Waals surface area contributed by atoms with E-state index in [0.717, 1.165) is 0 Å². The zero-order valence-electron chi connectivity index (χ0n) is 9.70. The van der Waals surface area contributed by atoms with Crippen LogP contribution >= 0.6 is 0 Å². The zero-order valence-corrected chi connectivity index (χ0v) is 9.70. The Morgan fingerprint density at radius 3 is 2.27 bits per heavy atom. The second-order valence-electron chi connectivity index (χ2n) is 5.12. The average Bonchev–Trinajstić information content (AvgIpc) is 2.67. The van der Waals surface area contributed by atoms with Gasteiger partial charge in [0.2, 0.25) is 0 Å². The lowest BCUT2D eigenvalue weighted by atomic mass is 10.0. The smallest absolute Gasteiger partial charge is 0.0168 e. The van der Waals surface area contributed by atoms with Gasteiger partial charge in [-0.25, -0.2) is 0 Å². The fourth-order valence-electron chi connectivity index (χ4n) is 2.45. The maximum Gasteiger partial charge on any atom is 0.0168 e. The predicted molar refractivity (Wildman–Crippen MR) is 65.3 cm³/mol. The van der Waals surface area contributed by atoms with Gasteiger partial charge in [-0.05, 0) is 17.9 Å². The lowest BCUT2D eigenvalue weighted by Crippen LogP contribution is -2.06. The third-order valence-electron chi connectivity index (χ3n) is 3.60. The van der Waals surface area contributed by atoms with Crippen LogP contribution in [-0.4, -0.2) is 6.04 Å². The van der Waals surface area contributed by atoms with Crippen molar-refractivity contribution in [1.29, 1.82) is 0 Å². The molecule has 0 heterocycles. The summed E-state index contributed by atoms with van der Waals surface area (Å²) in [5.74, 6) is 0.553. The van der Waals surface area contributed by atoms with E-state index in [0.29, 0.717) is 12.0 Å². The summed E-state index contributed by atoms with van der Waals surface area (Å²) in [4.78, 5) is 0. The van der Waals surface area contributed by atoms with Crippen molar-refractivity contribution in [2.45, 2.75) is 26.8 Å². The summed E-state index contributed by atoms with van der Waals surface area (Å²) >= 11 is 0. The summed E-state index contributed by atoms with van der Waals surface area (Å²) in [6, 6.07) is 10.8. The van der Waals surface area contributed by atoms with Crippen LogP contribution in [0.25, 0.3) is 6.08 Å². The molecular formula is C14H19N. The Balaban J connectivity index is 2.17. The van der Waals surface area contributed by atoms with Gasteiger partial charge in [0.15, 0.2) is 0 Å². The minimum Gasteiger partial charge on any atom is -0.327 e. The first-order valence-corrected chi connectivity index (χ1v) is 5.52. The van der Waals surface area contributed by atoms with Gasteiger partial charge in [-0.2, -0.15) is 0 Å². The molecule has 2 rings (SSSR count). The lowest BCUT2D eigenvalue weighted by molar-refractivity contribution is 0.583. The molecule has 1 aliphatic rings. The molecule has 0 unspecified atom stereocenters. The molecule has 1 heteroatoms. The highest BCUT2D eigenvalue weighted by Gasteiger charge is 2.55. The molecule has 1 nitrogen and oxygen atoms in total. The molecule has 0 saturated heterocycles. The van der Waals surface area contributed by atoms with E-state index < -0.39 is 0 Å². The Labute approximate surface area is 92.0 Å². The monoisotopic (exact) mass is 201 g/mol. The van der Waals surface area contributed by atoms with Crippen molar-refractivity contribution in [1.82, 2.24) is 0 Å². The Bertz CT molecular complexity index is 376. The normalized spacial score (nSPS) is 28.9. The molecule has 2 N–H and O–H groups in total. The number of hydrogen-bond donors (Lipinski definition) is 1. The van der Waals surface area contributed by atoms with Crippen LogP contribution in [0.4, 0.5) is 0 Å². The quantitative estimate of drug-likeness (QED) is 0.782. The Morgan fingerprint density at radius 1 is 1.27 bits per heavy atom. The van der Waals surface area contributed by atoms with E-state index >= 15 is 0 Å². The standard InChI is InChI=1S/C14H19N/c1-10(12-13(15)14(12,2)3)9-11-7-5-4-6-8-11/h4-9,12-13H,15H2,1-3H3/b10-9-/t12-,13-/m1/s1. The van der Waals surface area contributed by atoms with E-state index in [1.165, 1.54) is 11.1 Å². The molecule has 0 bridgehead atoms. The van der Waals surface area contributed by atoms with Crippen LogP contribution in [0, 0.1) is 11.3 Å². The Kier molecular flexibility index (Phi) is 2.43. The summed E-state index contributed by atoms with van der Waals surface area (Å²) in [7, 11) is 0. The molecule has 0 radical (unpaired) electrons. The molecule has 0 aliphatic heterocycles. The zero-order chi connectivity index (χ0) is 11.1. The fourth-order valence-corrected chi connectivity index (χ4v) is 2.45. The summed E-state index contributed by atoms with van der Waals surface area (Å²) in [6.07, 6.45) is 2.25. The molecule has 0 aromatic heterocycles. The van der Waals surface area contributed by atoms with Crippen molar-refractivity contribution in [3.63, 3.8) is 0 Å². The summed E-state index contributed by atoms with van der Waals surface area (Å²) in [5, 5.41) is 0. The number of benzene rings is 1. The van der Waals surface area contributed by atoms with Gasteiger partial charge < -0.3 is 5.73 Å². The van der Waals surface area contributed by atoms with Gasteiger partial charge in [-0.3, -0.25) is 0 Å². The largest absolute Gasteiger partial charge is 0.327 e. The minimum atomic E-state index is 0.287. The van der Waals surface area contributed by atoms with Crippen LogP contribution < -0.4 is 5.73 Å². The lowest BCUT2D eigenvalue weighted by Gasteiger charge is -2.02. The summed E-state index contributed by atoms with van der Waals surface area (Å²) in [5.41, 5.74) is 9.02. The van der Waals surface area contributed by atoms with Crippen molar-refractivity contribution >= 4 is 6.08 Å². The van der Waals surface area contributed by atoms with Crippen LogP contribution in [0.3, 0.4) is 0 Å². The van der Waals surface area contributed by atoms with Gasteiger partial charge in [0.25, 0.3) is 0 Å². The first-order chi connectivity index (χ1) is 7.03. The van der Waals surface area contributed by atoms with E-state index in [4.69, 9.17) is 5.73 Å². The highest BCUT2D eigenvalue weighted by molar-refractivity contribution is 5.54. The molecule has 0 amide bonds. The van der Waals surface area contributed by atoms with Gasteiger partial charge in [0, 0.05) is 12.0 Å². The molecular weight excluding hydrogens is 182 g/mol. The molecule has 1 aromatic carbocycles. The molecule has 1 saturated carbocycles. The highest BCUT2D eigenvalue weighted by Crippen LogP contribution is 2.54. The molecule has 2 atom stereocenters. The molecule has 1 aromatic rings. The predicted octanol–water partition coefficient (Wildman–Crippen LogP) is 3.07. The van der Waals surface area contributed by atoms with E-state index in [1.807, 2.05) is 6.07 Å². The minimum absolute atomic E-state index is 0.287. The molecule has 1 aliphatic carbocycles. The van der Waals surface area contributed by atoms with Gasteiger partial charge in [0.05, 0.1) is 0 Å². The number of hydrogen-bond acceptors (Lipinski definition) is 1. The first-order valence-electron chi connectivity index (χ1n) is 5.52. The first kappa shape index (κ1) is 10.4. The van der Waals surface area contributed by atoms with Crippen molar-refractivity contribution in [2.24, 2.45) is 17.1 Å². The molecule has 80 valence electrons. The van der Waals surface area contributed by atoms with Crippen molar-refractivity contribution in [3.05, 3.63) is 41.5 Å². The molecule has 15 heavy (non-hydrogen) atoms. The van der Waals surface area contributed by atoms with Gasteiger partial charge >= 0.3 is 0 Å². The van der Waals surface area contributed by atoms with E-state index in [9.17, 15) is 0 Å². The van der Waals surface area contributed by atoms with Crippen LogP contribution in [0.5, 0.6) is 0 Å². The third kappa shape index (κ3) is 1.84. The Morgan fingerprint density at radius 2 is 1.80 bits per heavy atom.